The van der Waals surface area contributed by atoms with E-state index in [4.69, 9.17) is 0 Å². The van der Waals surface area contributed by atoms with Gasteiger partial charge in [0.15, 0.2) is 0 Å². The van der Waals surface area contributed by atoms with E-state index in [0.29, 0.717) is 0 Å². The summed E-state index contributed by atoms with van der Waals surface area (Å²) in [4.78, 5) is 1.33. The Hall–Kier alpha value is -1.19. The third kappa shape index (κ3) is 1.90. The second kappa shape index (κ2) is 4.24. The van der Waals surface area contributed by atoms with Crippen molar-refractivity contribution in [1.82, 2.24) is 5.32 Å². The van der Waals surface area contributed by atoms with E-state index in [2.05, 4.69) is 22.8 Å². The first kappa shape index (κ1) is 10.9. The highest BCUT2D eigenvalue weighted by Gasteiger charge is 2.40. The monoisotopic (exact) mass is 247 g/mol. The van der Waals surface area contributed by atoms with Gasteiger partial charge in [0.2, 0.25) is 0 Å². The molecule has 0 aliphatic carbocycles. The lowest BCUT2D eigenvalue weighted by molar-refractivity contribution is 0.267. The molecule has 0 radical (unpaired) electrons. The number of halogens is 1. The van der Waals surface area contributed by atoms with E-state index < -0.39 is 0 Å². The first-order chi connectivity index (χ1) is 8.30. The van der Waals surface area contributed by atoms with Gasteiger partial charge in [0, 0.05) is 23.4 Å². The maximum atomic E-state index is 13.9. The van der Waals surface area contributed by atoms with Crippen LogP contribution in [0.4, 0.5) is 4.39 Å². The summed E-state index contributed by atoms with van der Waals surface area (Å²) in [5.74, 6) is -0.0782. The highest BCUT2D eigenvalue weighted by molar-refractivity contribution is 7.09. The fraction of sp³-hybridized carbons (Fsp3) is 0.286. The van der Waals surface area contributed by atoms with E-state index in [1.807, 2.05) is 12.1 Å². The maximum Gasteiger partial charge on any atom is 0.127 e. The number of hydrogen-bond donors (Lipinski definition) is 1. The molecule has 2 heterocycles. The van der Waals surface area contributed by atoms with Gasteiger partial charge in [0.25, 0.3) is 0 Å². The number of rotatable bonds is 3. The van der Waals surface area contributed by atoms with Gasteiger partial charge in [-0.05, 0) is 29.5 Å². The largest absolute Gasteiger partial charge is 0.315 e. The van der Waals surface area contributed by atoms with E-state index in [1.165, 1.54) is 4.88 Å². The van der Waals surface area contributed by atoms with E-state index in [0.717, 1.165) is 25.1 Å². The van der Waals surface area contributed by atoms with E-state index in [-0.39, 0.29) is 11.2 Å². The fourth-order valence-corrected chi connectivity index (χ4v) is 3.32. The number of hydrogen-bond acceptors (Lipinski definition) is 2. The Bertz CT molecular complexity index is 503. The molecule has 3 rings (SSSR count). The lowest BCUT2D eigenvalue weighted by Gasteiger charge is -2.43. The van der Waals surface area contributed by atoms with Crippen LogP contribution < -0.4 is 5.32 Å². The van der Waals surface area contributed by atoms with Crippen LogP contribution in [0.15, 0.2) is 41.8 Å². The Kier molecular flexibility index (Phi) is 2.73. The van der Waals surface area contributed by atoms with Crippen molar-refractivity contribution in [3.05, 3.63) is 58.0 Å². The lowest BCUT2D eigenvalue weighted by Crippen LogP contribution is -2.58. The zero-order valence-electron chi connectivity index (χ0n) is 9.45. The summed E-state index contributed by atoms with van der Waals surface area (Å²) in [6.07, 6.45) is 0.929. The van der Waals surface area contributed by atoms with E-state index >= 15 is 0 Å². The highest BCUT2D eigenvalue weighted by atomic mass is 32.1. The third-order valence-electron chi connectivity index (χ3n) is 3.46. The quantitative estimate of drug-likeness (QED) is 0.879. The van der Waals surface area contributed by atoms with Crippen LogP contribution in [-0.4, -0.2) is 13.1 Å². The number of nitrogens with one attached hydrogen (secondary N) is 1. The Balaban J connectivity index is 1.95. The zero-order chi connectivity index (χ0) is 11.7. The molecular weight excluding hydrogens is 233 g/mol. The third-order valence-corrected chi connectivity index (χ3v) is 4.34. The summed E-state index contributed by atoms with van der Waals surface area (Å²) in [7, 11) is 0. The summed E-state index contributed by atoms with van der Waals surface area (Å²) in [5, 5.41) is 5.36. The van der Waals surface area contributed by atoms with Gasteiger partial charge in [-0.25, -0.2) is 4.39 Å². The van der Waals surface area contributed by atoms with Crippen molar-refractivity contribution < 1.29 is 4.39 Å². The van der Waals surface area contributed by atoms with Crippen LogP contribution in [0.3, 0.4) is 0 Å². The van der Waals surface area contributed by atoms with Gasteiger partial charge in [-0.15, -0.1) is 11.3 Å². The fourth-order valence-electron chi connectivity index (χ4n) is 2.48. The van der Waals surface area contributed by atoms with Crippen molar-refractivity contribution in [3.63, 3.8) is 0 Å². The molecule has 3 heteroatoms. The zero-order valence-corrected chi connectivity index (χ0v) is 10.3. The molecule has 1 aliphatic rings. The molecule has 1 fully saturated rings. The predicted octanol–water partition coefficient (Wildman–Crippen LogP) is 2.97. The van der Waals surface area contributed by atoms with Crippen molar-refractivity contribution in [3.8, 4) is 0 Å². The first-order valence-corrected chi connectivity index (χ1v) is 6.66. The molecule has 2 aromatic rings. The van der Waals surface area contributed by atoms with Crippen LogP contribution in [0.1, 0.15) is 10.4 Å². The Morgan fingerprint density at radius 2 is 2.00 bits per heavy atom. The van der Waals surface area contributed by atoms with Crippen LogP contribution in [0.2, 0.25) is 0 Å². The van der Waals surface area contributed by atoms with Crippen LogP contribution >= 0.6 is 11.3 Å². The highest BCUT2D eigenvalue weighted by Crippen LogP contribution is 2.35. The molecule has 0 bridgehead atoms. The molecule has 0 atom stereocenters. The first-order valence-electron chi connectivity index (χ1n) is 5.78. The van der Waals surface area contributed by atoms with Gasteiger partial charge in [0.05, 0.1) is 0 Å². The molecule has 1 saturated heterocycles. The topological polar surface area (TPSA) is 12.0 Å². The Morgan fingerprint density at radius 1 is 1.18 bits per heavy atom. The van der Waals surface area contributed by atoms with Gasteiger partial charge >= 0.3 is 0 Å². The molecule has 0 spiro atoms. The Labute approximate surface area is 104 Å². The summed E-state index contributed by atoms with van der Waals surface area (Å²) in [6, 6.07) is 11.3. The molecule has 17 heavy (non-hydrogen) atoms. The molecule has 0 amide bonds. The van der Waals surface area contributed by atoms with Gasteiger partial charge in [-0.1, -0.05) is 24.3 Å². The molecule has 1 aliphatic heterocycles. The lowest BCUT2D eigenvalue weighted by atomic mass is 9.72. The van der Waals surface area contributed by atoms with Crippen molar-refractivity contribution in [1.29, 1.82) is 0 Å². The Morgan fingerprint density at radius 3 is 2.59 bits per heavy atom. The molecule has 1 aromatic carbocycles. The molecule has 88 valence electrons. The minimum Gasteiger partial charge on any atom is -0.315 e. The minimum absolute atomic E-state index is 0.0454. The van der Waals surface area contributed by atoms with Crippen molar-refractivity contribution in [2.75, 3.05) is 13.1 Å². The van der Waals surface area contributed by atoms with Crippen LogP contribution in [0, 0.1) is 5.82 Å². The molecule has 0 saturated carbocycles. The van der Waals surface area contributed by atoms with Crippen LogP contribution in [-0.2, 0) is 11.8 Å². The molecular formula is C14H14FNS. The summed E-state index contributed by atoms with van der Waals surface area (Å²) in [6.45, 7) is 1.73. The standard InChI is InChI=1S/C14H14FNS/c15-13-6-2-1-5-12(13)14(9-16-10-14)8-11-4-3-7-17-11/h1-7,16H,8-10H2. The number of thiophene rings is 1. The van der Waals surface area contributed by atoms with Crippen molar-refractivity contribution in [2.45, 2.75) is 11.8 Å². The second-order valence-corrected chi connectivity index (χ2v) is 5.65. The minimum atomic E-state index is -0.0782. The van der Waals surface area contributed by atoms with Crippen molar-refractivity contribution >= 4 is 11.3 Å². The van der Waals surface area contributed by atoms with Gasteiger partial charge in [-0.2, -0.15) is 0 Å². The van der Waals surface area contributed by atoms with E-state index in [9.17, 15) is 4.39 Å². The summed E-state index contributed by atoms with van der Waals surface area (Å²) in [5.41, 5.74) is 0.808. The van der Waals surface area contributed by atoms with Gasteiger partial charge in [0.1, 0.15) is 5.82 Å². The molecule has 1 nitrogen and oxygen atoms in total. The average molecular weight is 247 g/mol. The predicted molar refractivity (Wildman–Crippen MR) is 69.0 cm³/mol. The maximum absolute atomic E-state index is 13.9. The van der Waals surface area contributed by atoms with Crippen LogP contribution in [0.25, 0.3) is 0 Å². The van der Waals surface area contributed by atoms with Gasteiger partial charge in [-0.3, -0.25) is 0 Å². The van der Waals surface area contributed by atoms with Crippen molar-refractivity contribution in [2.24, 2.45) is 0 Å². The van der Waals surface area contributed by atoms with Gasteiger partial charge < -0.3 is 5.32 Å². The SMILES string of the molecule is Fc1ccccc1C1(Cc2cccs2)CNC1. The molecule has 1 N–H and O–H groups in total. The molecule has 1 aromatic heterocycles. The van der Waals surface area contributed by atoms with Crippen LogP contribution in [0.5, 0.6) is 0 Å². The normalized spacial score (nSPS) is 17.7. The smallest absolute Gasteiger partial charge is 0.127 e. The average Bonchev–Trinajstić information content (AvgIpc) is 2.77. The molecule has 0 unspecified atom stereocenters. The summed E-state index contributed by atoms with van der Waals surface area (Å²) >= 11 is 1.75. The summed E-state index contributed by atoms with van der Waals surface area (Å²) < 4.78 is 13.9. The number of benzene rings is 1. The second-order valence-electron chi connectivity index (χ2n) is 4.62. The van der Waals surface area contributed by atoms with E-state index in [1.54, 1.807) is 23.5 Å².